The van der Waals surface area contributed by atoms with Gasteiger partial charge in [0.15, 0.2) is 5.16 Å². The van der Waals surface area contributed by atoms with Crippen LogP contribution in [0.4, 0.5) is 0 Å². The van der Waals surface area contributed by atoms with Crippen LogP contribution in [0.15, 0.2) is 29.4 Å². The SMILES string of the molecule is CCOc1ccc(C(C2Sc3nc(C)nn3C2=O)N2CCC(C(=O)OC)CC2)cc1. The largest absolute Gasteiger partial charge is 0.494 e. The van der Waals surface area contributed by atoms with Gasteiger partial charge in [-0.25, -0.2) is 4.98 Å². The number of aromatic nitrogens is 3. The molecule has 1 fully saturated rings. The lowest BCUT2D eigenvalue weighted by atomic mass is 9.93. The van der Waals surface area contributed by atoms with Crippen molar-refractivity contribution < 1.29 is 19.1 Å². The molecule has 0 aliphatic carbocycles. The number of likely N-dealkylation sites (tertiary alicyclic amines) is 1. The average Bonchev–Trinajstić information content (AvgIpc) is 3.27. The molecule has 9 heteroatoms. The summed E-state index contributed by atoms with van der Waals surface area (Å²) in [5, 5.41) is 4.57. The highest BCUT2D eigenvalue weighted by molar-refractivity contribution is 8.00. The van der Waals surface area contributed by atoms with E-state index in [1.54, 1.807) is 6.92 Å². The molecule has 2 aliphatic rings. The lowest BCUT2D eigenvalue weighted by Gasteiger charge is -2.38. The Kier molecular flexibility index (Phi) is 6.10. The van der Waals surface area contributed by atoms with Gasteiger partial charge in [0.2, 0.25) is 0 Å². The number of methoxy groups -OCH3 is 1. The summed E-state index contributed by atoms with van der Waals surface area (Å²) in [6, 6.07) is 7.79. The molecule has 1 aromatic carbocycles. The van der Waals surface area contributed by atoms with E-state index in [0.717, 1.165) is 24.4 Å². The first-order valence-corrected chi connectivity index (χ1v) is 11.1. The van der Waals surface area contributed by atoms with Crippen molar-refractivity contribution in [2.45, 2.75) is 43.1 Å². The van der Waals surface area contributed by atoms with Crippen LogP contribution in [0.3, 0.4) is 0 Å². The van der Waals surface area contributed by atoms with Crippen LogP contribution in [-0.4, -0.2) is 63.6 Å². The molecule has 4 rings (SSSR count). The summed E-state index contributed by atoms with van der Waals surface area (Å²) in [4.78, 5) is 31.8. The Bertz CT molecular complexity index is 922. The first kappa shape index (κ1) is 20.9. The van der Waals surface area contributed by atoms with E-state index in [0.29, 0.717) is 30.4 Å². The first-order chi connectivity index (χ1) is 14.5. The number of rotatable bonds is 6. The van der Waals surface area contributed by atoms with E-state index in [4.69, 9.17) is 9.47 Å². The number of esters is 1. The molecule has 30 heavy (non-hydrogen) atoms. The molecule has 2 aliphatic heterocycles. The summed E-state index contributed by atoms with van der Waals surface area (Å²) >= 11 is 1.46. The van der Waals surface area contributed by atoms with E-state index in [-0.39, 0.29) is 29.1 Å². The number of benzene rings is 1. The number of carbonyl (C=O) groups excluding carboxylic acids is 2. The highest BCUT2D eigenvalue weighted by atomic mass is 32.2. The van der Waals surface area contributed by atoms with Gasteiger partial charge in [0.25, 0.3) is 5.91 Å². The Balaban J connectivity index is 1.60. The summed E-state index contributed by atoms with van der Waals surface area (Å²) < 4.78 is 11.9. The molecule has 1 aromatic heterocycles. The second kappa shape index (κ2) is 8.77. The maximum absolute atomic E-state index is 13.2. The zero-order valence-electron chi connectivity index (χ0n) is 17.4. The number of piperidine rings is 1. The number of hydrogen-bond donors (Lipinski definition) is 0. The van der Waals surface area contributed by atoms with Crippen LogP contribution in [0.1, 0.15) is 42.0 Å². The Morgan fingerprint density at radius 1 is 1.27 bits per heavy atom. The quantitative estimate of drug-likeness (QED) is 0.647. The van der Waals surface area contributed by atoms with Crippen molar-refractivity contribution in [3.63, 3.8) is 0 Å². The fourth-order valence-corrected chi connectivity index (χ4v) is 5.49. The molecule has 0 amide bonds. The second-order valence-electron chi connectivity index (χ2n) is 7.51. The number of ether oxygens (including phenoxy) is 2. The van der Waals surface area contributed by atoms with Gasteiger partial charge < -0.3 is 9.47 Å². The summed E-state index contributed by atoms with van der Waals surface area (Å²) in [6.07, 6.45) is 1.43. The predicted octanol–water partition coefficient (Wildman–Crippen LogP) is 2.73. The van der Waals surface area contributed by atoms with Crippen molar-refractivity contribution in [1.82, 2.24) is 19.7 Å². The predicted molar refractivity (Wildman–Crippen MR) is 112 cm³/mol. The Morgan fingerprint density at radius 3 is 2.57 bits per heavy atom. The molecular formula is C21H26N4O4S. The van der Waals surface area contributed by atoms with Crippen LogP contribution >= 0.6 is 11.8 Å². The van der Waals surface area contributed by atoms with Crippen LogP contribution in [0.25, 0.3) is 0 Å². The molecule has 0 bridgehead atoms. The monoisotopic (exact) mass is 430 g/mol. The van der Waals surface area contributed by atoms with Gasteiger partial charge in [-0.2, -0.15) is 4.68 Å². The Morgan fingerprint density at radius 2 is 1.97 bits per heavy atom. The Hall–Kier alpha value is -2.39. The lowest BCUT2D eigenvalue weighted by molar-refractivity contribution is -0.147. The first-order valence-electron chi connectivity index (χ1n) is 10.2. The number of aryl methyl sites for hydroxylation is 1. The van der Waals surface area contributed by atoms with Gasteiger partial charge in [0, 0.05) is 0 Å². The van der Waals surface area contributed by atoms with E-state index in [1.165, 1.54) is 23.6 Å². The molecule has 0 radical (unpaired) electrons. The topological polar surface area (TPSA) is 86.6 Å². The van der Waals surface area contributed by atoms with Crippen LogP contribution in [-0.2, 0) is 9.53 Å². The Labute approximate surface area is 179 Å². The van der Waals surface area contributed by atoms with Crippen molar-refractivity contribution >= 4 is 23.6 Å². The van der Waals surface area contributed by atoms with E-state index in [2.05, 4.69) is 15.0 Å². The van der Waals surface area contributed by atoms with Crippen molar-refractivity contribution in [3.8, 4) is 5.75 Å². The minimum Gasteiger partial charge on any atom is -0.494 e. The number of hydrogen-bond acceptors (Lipinski definition) is 8. The van der Waals surface area contributed by atoms with Crippen molar-refractivity contribution in [2.24, 2.45) is 5.92 Å². The van der Waals surface area contributed by atoms with Crippen LogP contribution < -0.4 is 4.74 Å². The summed E-state index contributed by atoms with van der Waals surface area (Å²) in [6.45, 7) is 5.78. The molecule has 3 heterocycles. The van der Waals surface area contributed by atoms with Gasteiger partial charge in [-0.3, -0.25) is 14.5 Å². The van der Waals surface area contributed by atoms with Crippen molar-refractivity contribution in [1.29, 1.82) is 0 Å². The van der Waals surface area contributed by atoms with Gasteiger partial charge in [-0.15, -0.1) is 5.10 Å². The minimum atomic E-state index is -0.340. The van der Waals surface area contributed by atoms with Crippen LogP contribution in [0, 0.1) is 12.8 Å². The third kappa shape index (κ3) is 3.96. The third-order valence-electron chi connectivity index (χ3n) is 5.64. The van der Waals surface area contributed by atoms with E-state index < -0.39 is 0 Å². The maximum atomic E-state index is 13.2. The van der Waals surface area contributed by atoms with Gasteiger partial charge in [-0.1, -0.05) is 23.9 Å². The molecular weight excluding hydrogens is 404 g/mol. The lowest BCUT2D eigenvalue weighted by Crippen LogP contribution is -2.44. The highest BCUT2D eigenvalue weighted by Crippen LogP contribution is 2.42. The maximum Gasteiger partial charge on any atom is 0.308 e. The molecule has 0 N–H and O–H groups in total. The molecule has 2 aromatic rings. The smallest absolute Gasteiger partial charge is 0.308 e. The van der Waals surface area contributed by atoms with Gasteiger partial charge in [-0.05, 0) is 57.5 Å². The summed E-state index contributed by atoms with van der Waals surface area (Å²) in [5.74, 6) is 1.11. The zero-order chi connectivity index (χ0) is 21.3. The second-order valence-corrected chi connectivity index (χ2v) is 8.62. The normalized spacial score (nSPS) is 20.8. The molecule has 0 spiro atoms. The van der Waals surface area contributed by atoms with Crippen LogP contribution in [0.2, 0.25) is 0 Å². The van der Waals surface area contributed by atoms with Crippen molar-refractivity contribution in [2.75, 3.05) is 26.8 Å². The number of thioether (sulfide) groups is 1. The summed E-state index contributed by atoms with van der Waals surface area (Å²) in [7, 11) is 1.43. The average molecular weight is 431 g/mol. The molecule has 160 valence electrons. The van der Waals surface area contributed by atoms with Gasteiger partial charge >= 0.3 is 5.97 Å². The van der Waals surface area contributed by atoms with E-state index in [9.17, 15) is 9.59 Å². The van der Waals surface area contributed by atoms with Crippen LogP contribution in [0.5, 0.6) is 5.75 Å². The van der Waals surface area contributed by atoms with E-state index in [1.807, 2.05) is 31.2 Å². The third-order valence-corrected chi connectivity index (χ3v) is 6.83. The fraction of sp³-hybridized carbons (Fsp3) is 0.524. The number of carbonyl (C=O) groups is 2. The standard InChI is InChI=1S/C21H26N4O4S/c1-4-29-16-7-5-14(6-8-16)17(24-11-9-15(10-12-24)20(27)28-3)18-19(26)25-21(30-18)22-13(2)23-25/h5-8,15,17-18H,4,9-12H2,1-3H3. The summed E-state index contributed by atoms with van der Waals surface area (Å²) in [5.41, 5.74) is 1.04. The van der Waals surface area contributed by atoms with Gasteiger partial charge in [0.05, 0.1) is 25.7 Å². The number of fused-ring (bicyclic) bond motifs is 1. The fourth-order valence-electron chi connectivity index (χ4n) is 4.18. The molecule has 2 atom stereocenters. The molecule has 0 saturated carbocycles. The number of nitrogens with zero attached hydrogens (tertiary/aromatic N) is 4. The molecule has 8 nitrogen and oxygen atoms in total. The molecule has 1 saturated heterocycles. The van der Waals surface area contributed by atoms with Crippen molar-refractivity contribution in [3.05, 3.63) is 35.7 Å². The highest BCUT2D eigenvalue weighted by Gasteiger charge is 2.44. The molecule has 2 unspecified atom stereocenters. The van der Waals surface area contributed by atoms with E-state index >= 15 is 0 Å². The van der Waals surface area contributed by atoms with Gasteiger partial charge in [0.1, 0.15) is 16.8 Å². The minimum absolute atomic E-state index is 0.0513. The zero-order valence-corrected chi connectivity index (χ0v) is 18.2.